The first-order valence-electron chi connectivity index (χ1n) is 11.2. The quantitative estimate of drug-likeness (QED) is 0.759. The number of likely N-dealkylation sites (tertiary alicyclic amines) is 1. The Kier molecular flexibility index (Phi) is 6.43. The second-order valence-corrected chi connectivity index (χ2v) is 8.45. The first-order chi connectivity index (χ1) is 14.2. The minimum atomic E-state index is 0.0877. The van der Waals surface area contributed by atoms with E-state index in [1.165, 1.54) is 12.0 Å². The van der Waals surface area contributed by atoms with Crippen LogP contribution in [0.1, 0.15) is 61.4 Å². The van der Waals surface area contributed by atoms with Crippen molar-refractivity contribution in [2.75, 3.05) is 24.5 Å². The molecule has 1 aromatic carbocycles. The van der Waals surface area contributed by atoms with Crippen LogP contribution in [-0.4, -0.2) is 46.5 Å². The number of carbonyl (C=O) groups excluding carboxylic acids is 1. The van der Waals surface area contributed by atoms with Gasteiger partial charge >= 0.3 is 0 Å². The number of hydrogen-bond donors (Lipinski definition) is 0. The van der Waals surface area contributed by atoms with Crippen molar-refractivity contribution >= 4 is 11.9 Å². The van der Waals surface area contributed by atoms with Crippen LogP contribution < -0.4 is 4.90 Å². The molecule has 0 spiro atoms. The Morgan fingerprint density at radius 2 is 1.72 bits per heavy atom. The lowest BCUT2D eigenvalue weighted by molar-refractivity contribution is 0.0607. The molecule has 2 fully saturated rings. The molecule has 5 heteroatoms. The Bertz CT molecular complexity index is 784. The van der Waals surface area contributed by atoms with Crippen molar-refractivity contribution in [2.24, 2.45) is 5.92 Å². The van der Waals surface area contributed by atoms with Gasteiger partial charge in [0, 0.05) is 38.1 Å². The highest BCUT2D eigenvalue weighted by Gasteiger charge is 2.27. The van der Waals surface area contributed by atoms with Crippen molar-refractivity contribution in [3.8, 4) is 0 Å². The molecule has 1 unspecified atom stereocenters. The molecule has 0 radical (unpaired) electrons. The zero-order valence-corrected chi connectivity index (χ0v) is 17.5. The van der Waals surface area contributed by atoms with Gasteiger partial charge in [0.1, 0.15) is 0 Å². The lowest BCUT2D eigenvalue weighted by Gasteiger charge is -2.35. The van der Waals surface area contributed by atoms with Crippen LogP contribution in [0.4, 0.5) is 5.95 Å². The van der Waals surface area contributed by atoms with Gasteiger partial charge in [-0.25, -0.2) is 9.97 Å². The molecule has 2 saturated heterocycles. The molecule has 0 saturated carbocycles. The van der Waals surface area contributed by atoms with E-state index in [9.17, 15) is 4.79 Å². The molecule has 0 bridgehead atoms. The molecule has 0 N–H and O–H groups in total. The fraction of sp³-hybridized carbons (Fsp3) is 0.542. The Morgan fingerprint density at radius 1 is 1.00 bits per heavy atom. The number of benzene rings is 1. The van der Waals surface area contributed by atoms with Gasteiger partial charge in [-0.2, -0.15) is 0 Å². The summed E-state index contributed by atoms with van der Waals surface area (Å²) >= 11 is 0. The van der Waals surface area contributed by atoms with E-state index in [1.54, 1.807) is 12.4 Å². The van der Waals surface area contributed by atoms with Gasteiger partial charge in [-0.3, -0.25) is 4.79 Å². The maximum atomic E-state index is 12.9. The predicted octanol–water partition coefficient (Wildman–Crippen LogP) is 4.34. The van der Waals surface area contributed by atoms with Crippen molar-refractivity contribution < 1.29 is 4.79 Å². The second-order valence-electron chi connectivity index (χ2n) is 8.45. The molecule has 2 aliphatic heterocycles. The van der Waals surface area contributed by atoms with Crippen molar-refractivity contribution in [1.82, 2.24) is 14.9 Å². The van der Waals surface area contributed by atoms with E-state index in [-0.39, 0.29) is 5.91 Å². The van der Waals surface area contributed by atoms with Crippen LogP contribution in [0.2, 0.25) is 0 Å². The van der Waals surface area contributed by atoms with Crippen LogP contribution in [0.25, 0.3) is 0 Å². The minimum Gasteiger partial charge on any atom is -0.341 e. The second kappa shape index (κ2) is 9.38. The molecule has 154 valence electrons. The van der Waals surface area contributed by atoms with E-state index in [0.717, 1.165) is 70.0 Å². The average Bonchev–Trinajstić information content (AvgIpc) is 2.80. The van der Waals surface area contributed by atoms with Crippen molar-refractivity contribution in [3.63, 3.8) is 0 Å². The minimum absolute atomic E-state index is 0.0877. The molecule has 3 heterocycles. The lowest BCUT2D eigenvalue weighted by atomic mass is 9.90. The first-order valence-corrected chi connectivity index (χ1v) is 11.2. The van der Waals surface area contributed by atoms with E-state index in [4.69, 9.17) is 0 Å². The van der Waals surface area contributed by atoms with Gasteiger partial charge in [-0.1, -0.05) is 37.3 Å². The zero-order valence-electron chi connectivity index (χ0n) is 17.5. The predicted molar refractivity (Wildman–Crippen MR) is 116 cm³/mol. The normalized spacial score (nSPS) is 20.7. The third-order valence-corrected chi connectivity index (χ3v) is 6.51. The summed E-state index contributed by atoms with van der Waals surface area (Å²) in [6.07, 6.45) is 11.4. The third kappa shape index (κ3) is 4.77. The van der Waals surface area contributed by atoms with Crippen molar-refractivity contribution in [3.05, 3.63) is 53.9 Å². The topological polar surface area (TPSA) is 49.3 Å². The summed E-state index contributed by atoms with van der Waals surface area (Å²) in [4.78, 5) is 26.3. The molecular formula is C24H32N4O. The number of nitrogens with zero attached hydrogens (tertiary/aromatic N) is 4. The molecule has 5 nitrogen and oxygen atoms in total. The molecular weight excluding hydrogens is 360 g/mol. The van der Waals surface area contributed by atoms with Gasteiger partial charge < -0.3 is 9.80 Å². The molecule has 1 amide bonds. The molecule has 0 aliphatic carbocycles. The summed E-state index contributed by atoms with van der Waals surface area (Å²) < 4.78 is 0. The largest absolute Gasteiger partial charge is 0.341 e. The van der Waals surface area contributed by atoms with E-state index in [0.29, 0.717) is 11.6 Å². The zero-order chi connectivity index (χ0) is 20.1. The smallest absolute Gasteiger partial charge is 0.257 e. The number of piperidine rings is 2. The molecule has 4 rings (SSSR count). The number of hydrogen-bond acceptors (Lipinski definition) is 4. The molecule has 2 aromatic rings. The Hall–Kier alpha value is -2.43. The van der Waals surface area contributed by atoms with Crippen LogP contribution >= 0.6 is 0 Å². The Morgan fingerprint density at radius 3 is 2.41 bits per heavy atom. The molecule has 29 heavy (non-hydrogen) atoms. The van der Waals surface area contributed by atoms with Gasteiger partial charge in [0.2, 0.25) is 5.95 Å². The van der Waals surface area contributed by atoms with E-state index in [1.807, 2.05) is 4.90 Å². The van der Waals surface area contributed by atoms with Crippen molar-refractivity contribution in [1.29, 1.82) is 0 Å². The summed E-state index contributed by atoms with van der Waals surface area (Å²) in [5.41, 5.74) is 2.04. The lowest BCUT2D eigenvalue weighted by Crippen LogP contribution is -2.43. The Balaban J connectivity index is 1.33. The summed E-state index contributed by atoms with van der Waals surface area (Å²) in [6, 6.07) is 11.1. The van der Waals surface area contributed by atoms with E-state index >= 15 is 0 Å². The average molecular weight is 393 g/mol. The maximum absolute atomic E-state index is 12.9. The van der Waals surface area contributed by atoms with Gasteiger partial charge in [-0.15, -0.1) is 0 Å². The Labute approximate surface area is 174 Å². The van der Waals surface area contributed by atoms with Crippen molar-refractivity contribution in [2.45, 2.75) is 57.9 Å². The van der Waals surface area contributed by atoms with Gasteiger partial charge in [-0.05, 0) is 56.4 Å². The fourth-order valence-electron chi connectivity index (χ4n) is 4.74. The summed E-state index contributed by atoms with van der Waals surface area (Å²) in [6.45, 7) is 4.98. The number of rotatable bonds is 5. The highest BCUT2D eigenvalue weighted by Crippen LogP contribution is 2.25. The molecule has 1 aromatic heterocycles. The number of aromatic nitrogens is 2. The number of anilines is 1. The van der Waals surface area contributed by atoms with E-state index in [2.05, 4.69) is 52.1 Å². The first kappa shape index (κ1) is 19.9. The number of carbonyl (C=O) groups is 1. The van der Waals surface area contributed by atoms with Crippen LogP contribution in [0.15, 0.2) is 42.7 Å². The summed E-state index contributed by atoms with van der Waals surface area (Å²) in [5.74, 6) is 1.56. The molecule has 2 aliphatic rings. The van der Waals surface area contributed by atoms with E-state index < -0.39 is 0 Å². The van der Waals surface area contributed by atoms with Gasteiger partial charge in [0.25, 0.3) is 5.91 Å². The number of amides is 1. The highest BCUT2D eigenvalue weighted by atomic mass is 16.2. The van der Waals surface area contributed by atoms with Crippen LogP contribution in [0.3, 0.4) is 0 Å². The SMILES string of the molecule is CCC1CCCCN1C(=O)c1cnc(N2CCC(Cc3ccccc3)CC2)nc1. The third-order valence-electron chi connectivity index (χ3n) is 6.51. The monoisotopic (exact) mass is 392 g/mol. The van der Waals surface area contributed by atoms with Crippen LogP contribution in [-0.2, 0) is 6.42 Å². The summed E-state index contributed by atoms with van der Waals surface area (Å²) in [7, 11) is 0. The standard InChI is InChI=1S/C24H32N4O/c1-2-22-10-6-7-13-28(22)23(29)21-17-25-24(26-18-21)27-14-11-20(12-15-27)16-19-8-4-3-5-9-19/h3-5,8-9,17-18,20,22H,2,6-7,10-16H2,1H3. The fourth-order valence-corrected chi connectivity index (χ4v) is 4.74. The van der Waals surface area contributed by atoms with Crippen LogP contribution in [0.5, 0.6) is 0 Å². The van der Waals surface area contributed by atoms with Gasteiger partial charge in [0.05, 0.1) is 5.56 Å². The maximum Gasteiger partial charge on any atom is 0.257 e. The summed E-state index contributed by atoms with van der Waals surface area (Å²) in [5, 5.41) is 0. The highest BCUT2D eigenvalue weighted by molar-refractivity contribution is 5.94. The molecule has 1 atom stereocenters. The van der Waals surface area contributed by atoms with Gasteiger partial charge in [0.15, 0.2) is 0 Å². The van der Waals surface area contributed by atoms with Crippen LogP contribution in [0, 0.1) is 5.92 Å².